The summed E-state index contributed by atoms with van der Waals surface area (Å²) in [6.07, 6.45) is 0. The number of hydrogen-bond donors (Lipinski definition) is 3. The maximum Gasteiger partial charge on any atom is 0.319 e. The lowest BCUT2D eigenvalue weighted by Gasteiger charge is -2.28. The van der Waals surface area contributed by atoms with Crippen molar-refractivity contribution in [1.29, 1.82) is 0 Å². The van der Waals surface area contributed by atoms with E-state index in [1.165, 1.54) is 0 Å². The molecule has 3 amide bonds. The smallest absolute Gasteiger partial charge is 0.319 e. The first-order valence-corrected chi connectivity index (χ1v) is 7.55. The van der Waals surface area contributed by atoms with Gasteiger partial charge in [0.05, 0.1) is 17.3 Å². The third-order valence-electron chi connectivity index (χ3n) is 3.83. The van der Waals surface area contributed by atoms with E-state index in [-0.39, 0.29) is 11.3 Å². The predicted octanol–water partition coefficient (Wildman–Crippen LogP) is 3.23. The summed E-state index contributed by atoms with van der Waals surface area (Å²) < 4.78 is 26.8. The SMILES string of the molecule is CC1=C(C(=O)Nc2ccc(F)cc2F)C(c2ccccc2)NC(=O)N1. The zero-order valence-corrected chi connectivity index (χ0v) is 13.3. The van der Waals surface area contributed by atoms with Crippen LogP contribution in [0.2, 0.25) is 0 Å². The van der Waals surface area contributed by atoms with Gasteiger partial charge in [-0.15, -0.1) is 0 Å². The number of carbonyl (C=O) groups excluding carboxylic acids is 2. The third-order valence-corrected chi connectivity index (χ3v) is 3.83. The molecule has 1 unspecified atom stereocenters. The van der Waals surface area contributed by atoms with Crippen molar-refractivity contribution in [1.82, 2.24) is 10.6 Å². The van der Waals surface area contributed by atoms with Gasteiger partial charge in [-0.3, -0.25) is 4.79 Å². The van der Waals surface area contributed by atoms with Gasteiger partial charge in [0.1, 0.15) is 11.6 Å². The number of rotatable bonds is 3. The lowest BCUT2D eigenvalue weighted by atomic mass is 9.95. The summed E-state index contributed by atoms with van der Waals surface area (Å²) in [4.78, 5) is 24.5. The van der Waals surface area contributed by atoms with Crippen LogP contribution in [0, 0.1) is 11.6 Å². The third kappa shape index (κ3) is 3.50. The average molecular weight is 343 g/mol. The van der Waals surface area contributed by atoms with Gasteiger partial charge in [-0.25, -0.2) is 13.6 Å². The Morgan fingerprint density at radius 2 is 1.84 bits per heavy atom. The van der Waals surface area contributed by atoms with Crippen LogP contribution in [0.25, 0.3) is 0 Å². The van der Waals surface area contributed by atoms with Gasteiger partial charge in [-0.2, -0.15) is 0 Å². The first-order chi connectivity index (χ1) is 12.0. The van der Waals surface area contributed by atoms with Crippen LogP contribution in [0.5, 0.6) is 0 Å². The van der Waals surface area contributed by atoms with Gasteiger partial charge in [-0.05, 0) is 24.6 Å². The van der Waals surface area contributed by atoms with E-state index in [4.69, 9.17) is 0 Å². The number of benzene rings is 2. The number of anilines is 1. The van der Waals surface area contributed by atoms with Crippen LogP contribution in [0.1, 0.15) is 18.5 Å². The summed E-state index contributed by atoms with van der Waals surface area (Å²) in [5.74, 6) is -2.21. The molecule has 0 saturated carbocycles. The van der Waals surface area contributed by atoms with Crippen LogP contribution in [0.3, 0.4) is 0 Å². The first kappa shape index (κ1) is 16.6. The fourth-order valence-corrected chi connectivity index (χ4v) is 2.67. The number of carbonyl (C=O) groups is 2. The van der Waals surface area contributed by atoms with Gasteiger partial charge < -0.3 is 16.0 Å². The summed E-state index contributed by atoms with van der Waals surface area (Å²) >= 11 is 0. The molecule has 3 rings (SSSR count). The minimum atomic E-state index is -0.879. The van der Waals surface area contributed by atoms with E-state index in [1.807, 2.05) is 6.07 Å². The zero-order valence-electron chi connectivity index (χ0n) is 13.3. The van der Waals surface area contributed by atoms with Crippen LogP contribution in [0.15, 0.2) is 59.8 Å². The minimum Gasteiger partial charge on any atom is -0.327 e. The Hall–Kier alpha value is -3.22. The molecule has 2 aromatic rings. The summed E-state index contributed by atoms with van der Waals surface area (Å²) in [6, 6.07) is 10.7. The van der Waals surface area contributed by atoms with Crippen LogP contribution < -0.4 is 16.0 Å². The fraction of sp³-hybridized carbons (Fsp3) is 0.111. The Morgan fingerprint density at radius 1 is 1.12 bits per heavy atom. The van der Waals surface area contributed by atoms with Gasteiger partial charge in [0.15, 0.2) is 0 Å². The molecule has 0 radical (unpaired) electrons. The Bertz CT molecular complexity index is 866. The molecule has 5 nitrogen and oxygen atoms in total. The normalized spacial score (nSPS) is 16.9. The largest absolute Gasteiger partial charge is 0.327 e. The first-order valence-electron chi connectivity index (χ1n) is 7.55. The Labute approximate surface area is 142 Å². The minimum absolute atomic E-state index is 0.143. The van der Waals surface area contributed by atoms with Crippen molar-refractivity contribution < 1.29 is 18.4 Å². The van der Waals surface area contributed by atoms with Crippen molar-refractivity contribution >= 4 is 17.6 Å². The molecule has 0 saturated heterocycles. The van der Waals surface area contributed by atoms with Crippen LogP contribution >= 0.6 is 0 Å². The molecule has 0 fully saturated rings. The molecule has 0 aliphatic carbocycles. The Kier molecular flexibility index (Phi) is 4.47. The standard InChI is InChI=1S/C18H15F2N3O2/c1-10-15(17(24)22-14-8-7-12(19)9-13(14)20)16(23-18(25)21-10)11-5-3-2-4-6-11/h2-9,16H,1H3,(H,22,24)(H2,21,23,25). The van der Waals surface area contributed by atoms with Crippen molar-refractivity contribution in [2.75, 3.05) is 5.32 Å². The summed E-state index contributed by atoms with van der Waals surface area (Å²) in [6.45, 7) is 1.59. The van der Waals surface area contributed by atoms with E-state index in [1.54, 1.807) is 31.2 Å². The highest BCUT2D eigenvalue weighted by molar-refractivity contribution is 6.06. The summed E-state index contributed by atoms with van der Waals surface area (Å²) in [7, 11) is 0. The maximum absolute atomic E-state index is 13.8. The number of hydrogen-bond acceptors (Lipinski definition) is 2. The molecule has 1 heterocycles. The second-order valence-corrected chi connectivity index (χ2v) is 5.56. The average Bonchev–Trinajstić information content (AvgIpc) is 2.57. The molecule has 0 aromatic heterocycles. The summed E-state index contributed by atoms with van der Waals surface area (Å²) in [5.41, 5.74) is 1.17. The van der Waals surface area contributed by atoms with E-state index >= 15 is 0 Å². The van der Waals surface area contributed by atoms with Crippen LogP contribution in [-0.4, -0.2) is 11.9 Å². The molecule has 3 N–H and O–H groups in total. The number of allylic oxidation sites excluding steroid dienone is 1. The van der Waals surface area contributed by atoms with Gasteiger partial charge in [0, 0.05) is 11.8 Å². The van der Waals surface area contributed by atoms with Crippen molar-refractivity contribution in [3.63, 3.8) is 0 Å². The molecule has 1 aliphatic heterocycles. The molecule has 128 valence electrons. The monoisotopic (exact) mass is 343 g/mol. The molecule has 7 heteroatoms. The molecule has 1 atom stereocenters. The highest BCUT2D eigenvalue weighted by atomic mass is 19.1. The zero-order chi connectivity index (χ0) is 18.0. The van der Waals surface area contributed by atoms with Crippen molar-refractivity contribution in [3.8, 4) is 0 Å². The fourth-order valence-electron chi connectivity index (χ4n) is 2.67. The second kappa shape index (κ2) is 6.72. The quantitative estimate of drug-likeness (QED) is 0.801. The van der Waals surface area contributed by atoms with Crippen molar-refractivity contribution in [2.45, 2.75) is 13.0 Å². The molecule has 0 bridgehead atoms. The lowest BCUT2D eigenvalue weighted by Crippen LogP contribution is -2.46. The lowest BCUT2D eigenvalue weighted by molar-refractivity contribution is -0.113. The number of amides is 3. The molecule has 1 aliphatic rings. The molecular weight excluding hydrogens is 328 g/mol. The van der Waals surface area contributed by atoms with E-state index in [0.29, 0.717) is 17.3 Å². The highest BCUT2D eigenvalue weighted by Gasteiger charge is 2.31. The van der Waals surface area contributed by atoms with Gasteiger partial charge in [-0.1, -0.05) is 30.3 Å². The molecule has 0 spiro atoms. The topological polar surface area (TPSA) is 70.2 Å². The summed E-state index contributed by atoms with van der Waals surface area (Å²) in [5, 5.41) is 7.64. The maximum atomic E-state index is 13.8. The van der Waals surface area contributed by atoms with Gasteiger partial charge >= 0.3 is 6.03 Å². The predicted molar refractivity (Wildman–Crippen MR) is 88.5 cm³/mol. The Morgan fingerprint density at radius 3 is 2.52 bits per heavy atom. The van der Waals surface area contributed by atoms with E-state index in [0.717, 1.165) is 12.1 Å². The van der Waals surface area contributed by atoms with E-state index < -0.39 is 29.6 Å². The Balaban J connectivity index is 1.95. The van der Waals surface area contributed by atoms with Gasteiger partial charge in [0.25, 0.3) is 5.91 Å². The van der Waals surface area contributed by atoms with E-state index in [9.17, 15) is 18.4 Å². The van der Waals surface area contributed by atoms with Crippen LogP contribution in [-0.2, 0) is 4.79 Å². The second-order valence-electron chi connectivity index (χ2n) is 5.56. The van der Waals surface area contributed by atoms with Gasteiger partial charge in [0.2, 0.25) is 0 Å². The molecular formula is C18H15F2N3O2. The molecule has 25 heavy (non-hydrogen) atoms. The van der Waals surface area contributed by atoms with Crippen molar-refractivity contribution in [2.24, 2.45) is 0 Å². The molecule has 2 aromatic carbocycles. The number of urea groups is 1. The number of halogens is 2. The number of nitrogens with one attached hydrogen (secondary N) is 3. The highest BCUT2D eigenvalue weighted by Crippen LogP contribution is 2.28. The van der Waals surface area contributed by atoms with E-state index in [2.05, 4.69) is 16.0 Å². The van der Waals surface area contributed by atoms with Crippen molar-refractivity contribution in [3.05, 3.63) is 77.0 Å². The van der Waals surface area contributed by atoms with Crippen LogP contribution in [0.4, 0.5) is 19.3 Å².